The number of hydrogen-bond acceptors (Lipinski definition) is 2. The Balaban J connectivity index is 1.45. The molecule has 2 heteroatoms. The van der Waals surface area contributed by atoms with Gasteiger partial charge >= 0.3 is 0 Å². The number of hydrogen-bond donors (Lipinski definition) is 0. The third-order valence-corrected chi connectivity index (χ3v) is 6.59. The van der Waals surface area contributed by atoms with Gasteiger partial charge in [-0.15, -0.1) is 0 Å². The van der Waals surface area contributed by atoms with Crippen molar-refractivity contribution in [3.8, 4) is 5.75 Å². The van der Waals surface area contributed by atoms with Crippen molar-refractivity contribution in [3.05, 3.63) is 42.0 Å². The zero-order valence-electron chi connectivity index (χ0n) is 17.0. The number of rotatable bonds is 5. The number of benzene rings is 2. The summed E-state index contributed by atoms with van der Waals surface area (Å²) in [6.07, 6.45) is 13.6. The van der Waals surface area contributed by atoms with Crippen LogP contribution in [0.15, 0.2) is 36.4 Å². The molecule has 0 aromatic heterocycles. The monoisotopic (exact) mass is 365 g/mol. The van der Waals surface area contributed by atoms with Crippen LogP contribution in [0, 0.1) is 0 Å². The van der Waals surface area contributed by atoms with Gasteiger partial charge in [0.15, 0.2) is 0 Å². The number of likely N-dealkylation sites (tertiary alicyclic amines) is 1. The van der Waals surface area contributed by atoms with E-state index in [0.29, 0.717) is 6.10 Å². The Morgan fingerprint density at radius 2 is 1.59 bits per heavy atom. The fourth-order valence-electron chi connectivity index (χ4n) is 4.96. The van der Waals surface area contributed by atoms with E-state index >= 15 is 0 Å². The first-order chi connectivity index (χ1) is 13.3. The molecule has 0 radical (unpaired) electrons. The van der Waals surface area contributed by atoms with Crippen molar-refractivity contribution in [1.82, 2.24) is 4.90 Å². The molecule has 1 aliphatic carbocycles. The fraction of sp³-hybridized carbons (Fsp3) is 0.600. The zero-order valence-corrected chi connectivity index (χ0v) is 17.0. The minimum absolute atomic E-state index is 0.411. The van der Waals surface area contributed by atoms with Gasteiger partial charge in [0.25, 0.3) is 0 Å². The highest BCUT2D eigenvalue weighted by Gasteiger charge is 2.20. The molecular formula is C25H35NO. The summed E-state index contributed by atoms with van der Waals surface area (Å²) in [5.41, 5.74) is 1.44. The van der Waals surface area contributed by atoms with Crippen molar-refractivity contribution >= 4 is 10.8 Å². The normalized spacial score (nSPS) is 22.6. The molecule has 2 nitrogen and oxygen atoms in total. The van der Waals surface area contributed by atoms with E-state index in [9.17, 15) is 0 Å². The first-order valence-corrected chi connectivity index (χ1v) is 11.3. The summed E-state index contributed by atoms with van der Waals surface area (Å²) < 4.78 is 6.32. The first-order valence-electron chi connectivity index (χ1n) is 11.3. The molecule has 2 fully saturated rings. The molecule has 4 rings (SSSR count). The smallest absolute Gasteiger partial charge is 0.120 e. The minimum atomic E-state index is 0.411. The van der Waals surface area contributed by atoms with Gasteiger partial charge in [0.1, 0.15) is 5.75 Å². The van der Waals surface area contributed by atoms with E-state index in [1.54, 1.807) is 0 Å². The summed E-state index contributed by atoms with van der Waals surface area (Å²) in [5.74, 6) is 1.05. The zero-order chi connectivity index (χ0) is 18.5. The molecular weight excluding hydrogens is 330 g/mol. The van der Waals surface area contributed by atoms with Gasteiger partial charge < -0.3 is 4.74 Å². The van der Waals surface area contributed by atoms with Crippen LogP contribution in [0.25, 0.3) is 10.8 Å². The van der Waals surface area contributed by atoms with E-state index in [1.165, 1.54) is 87.1 Å². The Morgan fingerprint density at radius 3 is 2.41 bits per heavy atom. The molecule has 1 saturated carbocycles. The molecule has 146 valence electrons. The standard InChI is InChI=1S/C25H35NO/c1-2-23-9-7-8-16-26(23)19-20-12-13-22-18-25(15-14-21(22)17-20)27-24-10-5-3-4-6-11-24/h12-15,17-18,23-24H,2-11,16,19H2,1H3. The second-order valence-electron chi connectivity index (χ2n) is 8.60. The lowest BCUT2D eigenvalue weighted by Crippen LogP contribution is -2.38. The summed E-state index contributed by atoms with van der Waals surface area (Å²) in [4.78, 5) is 2.69. The minimum Gasteiger partial charge on any atom is -0.490 e. The maximum absolute atomic E-state index is 6.32. The van der Waals surface area contributed by atoms with E-state index in [-0.39, 0.29) is 0 Å². The molecule has 1 unspecified atom stereocenters. The van der Waals surface area contributed by atoms with Crippen LogP contribution in [0.3, 0.4) is 0 Å². The Hall–Kier alpha value is -1.54. The van der Waals surface area contributed by atoms with E-state index in [2.05, 4.69) is 48.2 Å². The summed E-state index contributed by atoms with van der Waals surface area (Å²) in [6, 6.07) is 14.4. The summed E-state index contributed by atoms with van der Waals surface area (Å²) >= 11 is 0. The molecule has 0 spiro atoms. The second kappa shape index (κ2) is 9.10. The average molecular weight is 366 g/mol. The molecule has 1 atom stereocenters. The average Bonchev–Trinajstić information content (AvgIpc) is 2.97. The van der Waals surface area contributed by atoms with E-state index in [0.717, 1.165) is 18.3 Å². The van der Waals surface area contributed by atoms with Gasteiger partial charge in [0.05, 0.1) is 6.10 Å². The van der Waals surface area contributed by atoms with Crippen molar-refractivity contribution in [2.24, 2.45) is 0 Å². The molecule has 1 heterocycles. The second-order valence-corrected chi connectivity index (χ2v) is 8.60. The Bertz CT molecular complexity index is 732. The predicted octanol–water partition coefficient (Wildman–Crippen LogP) is 6.71. The lowest BCUT2D eigenvalue weighted by molar-refractivity contribution is 0.136. The highest BCUT2D eigenvalue weighted by Crippen LogP contribution is 2.28. The lowest BCUT2D eigenvalue weighted by Gasteiger charge is -2.35. The van der Waals surface area contributed by atoms with Crippen molar-refractivity contribution in [3.63, 3.8) is 0 Å². The molecule has 2 aliphatic rings. The van der Waals surface area contributed by atoms with E-state index in [1.807, 2.05) is 0 Å². The van der Waals surface area contributed by atoms with Crippen LogP contribution in [0.5, 0.6) is 5.75 Å². The molecule has 0 N–H and O–H groups in total. The highest BCUT2D eigenvalue weighted by molar-refractivity contribution is 5.84. The number of piperidine rings is 1. The van der Waals surface area contributed by atoms with Gasteiger partial charge in [-0.05, 0) is 86.0 Å². The van der Waals surface area contributed by atoms with Gasteiger partial charge in [-0.1, -0.05) is 44.4 Å². The molecule has 0 bridgehead atoms. The maximum Gasteiger partial charge on any atom is 0.120 e. The van der Waals surface area contributed by atoms with Gasteiger partial charge in [0.2, 0.25) is 0 Å². The molecule has 1 aliphatic heterocycles. The van der Waals surface area contributed by atoms with Crippen LogP contribution < -0.4 is 4.74 Å². The van der Waals surface area contributed by atoms with Crippen LogP contribution >= 0.6 is 0 Å². The summed E-state index contributed by atoms with van der Waals surface area (Å²) in [5, 5.41) is 2.64. The van der Waals surface area contributed by atoms with Crippen molar-refractivity contribution in [2.45, 2.75) is 89.8 Å². The summed E-state index contributed by atoms with van der Waals surface area (Å²) in [6.45, 7) is 4.68. The molecule has 0 amide bonds. The van der Waals surface area contributed by atoms with Crippen LogP contribution in [0.4, 0.5) is 0 Å². The highest BCUT2D eigenvalue weighted by atomic mass is 16.5. The van der Waals surface area contributed by atoms with Gasteiger partial charge in [-0.2, -0.15) is 0 Å². The van der Waals surface area contributed by atoms with E-state index in [4.69, 9.17) is 4.74 Å². The topological polar surface area (TPSA) is 12.5 Å². The van der Waals surface area contributed by atoms with Gasteiger partial charge in [-0.3, -0.25) is 4.90 Å². The van der Waals surface area contributed by atoms with E-state index < -0.39 is 0 Å². The largest absolute Gasteiger partial charge is 0.490 e. The lowest BCUT2D eigenvalue weighted by atomic mass is 9.98. The maximum atomic E-state index is 6.32. The van der Waals surface area contributed by atoms with Crippen LogP contribution in [-0.2, 0) is 6.54 Å². The number of fused-ring (bicyclic) bond motifs is 1. The molecule has 2 aromatic rings. The van der Waals surface area contributed by atoms with Gasteiger partial charge in [0, 0.05) is 12.6 Å². The number of nitrogens with zero attached hydrogens (tertiary/aromatic N) is 1. The molecule has 1 saturated heterocycles. The molecule has 2 aromatic carbocycles. The number of ether oxygens (including phenoxy) is 1. The fourth-order valence-corrected chi connectivity index (χ4v) is 4.96. The first kappa shape index (κ1) is 18.8. The van der Waals surface area contributed by atoms with Gasteiger partial charge in [-0.25, -0.2) is 0 Å². The third kappa shape index (κ3) is 4.85. The third-order valence-electron chi connectivity index (χ3n) is 6.59. The quantitative estimate of drug-likeness (QED) is 0.546. The Labute approximate surface area is 164 Å². The SMILES string of the molecule is CCC1CCCCN1Cc1ccc2cc(OC3CCCCCC3)ccc2c1. The van der Waals surface area contributed by atoms with Crippen LogP contribution in [0.1, 0.15) is 76.7 Å². The molecule has 27 heavy (non-hydrogen) atoms. The van der Waals surface area contributed by atoms with Crippen LogP contribution in [0.2, 0.25) is 0 Å². The Morgan fingerprint density at radius 1 is 0.852 bits per heavy atom. The predicted molar refractivity (Wildman–Crippen MR) is 114 cm³/mol. The van der Waals surface area contributed by atoms with Crippen molar-refractivity contribution in [2.75, 3.05) is 6.54 Å². The van der Waals surface area contributed by atoms with Crippen LogP contribution in [-0.4, -0.2) is 23.6 Å². The summed E-state index contributed by atoms with van der Waals surface area (Å²) in [7, 11) is 0. The van der Waals surface area contributed by atoms with Crippen molar-refractivity contribution in [1.29, 1.82) is 0 Å². The van der Waals surface area contributed by atoms with Crippen molar-refractivity contribution < 1.29 is 4.74 Å². The Kier molecular flexibility index (Phi) is 6.34.